The third kappa shape index (κ3) is 4.91. The lowest BCUT2D eigenvalue weighted by molar-refractivity contribution is -0.0298. The number of rotatable bonds is 6. The van der Waals surface area contributed by atoms with E-state index in [0.29, 0.717) is 23.0 Å². The Labute approximate surface area is 216 Å². The van der Waals surface area contributed by atoms with Gasteiger partial charge >= 0.3 is 0 Å². The van der Waals surface area contributed by atoms with Gasteiger partial charge in [0.15, 0.2) is 11.2 Å². The van der Waals surface area contributed by atoms with Crippen LogP contribution in [0, 0.1) is 0 Å². The number of hydrogen-bond donors (Lipinski definition) is 1. The van der Waals surface area contributed by atoms with Crippen molar-refractivity contribution in [1.82, 2.24) is 29.4 Å². The maximum Gasteiger partial charge on any atom is 0.247 e. The number of benzene rings is 1. The van der Waals surface area contributed by atoms with Crippen molar-refractivity contribution in [2.24, 2.45) is 0 Å². The molecule has 0 bridgehead atoms. The molecular weight excluding hydrogens is 468 g/mol. The molecule has 5 heterocycles. The van der Waals surface area contributed by atoms with Crippen LogP contribution in [0.1, 0.15) is 39.3 Å². The highest BCUT2D eigenvalue weighted by Gasteiger charge is 2.23. The van der Waals surface area contributed by atoms with Gasteiger partial charge in [-0.3, -0.25) is 9.55 Å². The van der Waals surface area contributed by atoms with E-state index in [1.165, 1.54) is 5.69 Å². The van der Waals surface area contributed by atoms with E-state index in [4.69, 9.17) is 19.4 Å². The molecule has 1 N–H and O–H groups in total. The summed E-state index contributed by atoms with van der Waals surface area (Å²) in [5.41, 5.74) is 4.42. The molecule has 37 heavy (non-hydrogen) atoms. The molecule has 2 saturated heterocycles. The van der Waals surface area contributed by atoms with Gasteiger partial charge < -0.3 is 24.6 Å². The fourth-order valence-corrected chi connectivity index (χ4v) is 5.07. The third-order valence-electron chi connectivity index (χ3n) is 7.02. The van der Waals surface area contributed by atoms with Crippen LogP contribution in [0.2, 0.25) is 0 Å². The first-order valence-electron chi connectivity index (χ1n) is 13.2. The first kappa shape index (κ1) is 23.9. The van der Waals surface area contributed by atoms with Crippen LogP contribution >= 0.6 is 0 Å². The maximum atomic E-state index is 6.06. The van der Waals surface area contributed by atoms with E-state index < -0.39 is 0 Å². The molecule has 2 aliphatic heterocycles. The van der Waals surface area contributed by atoms with Crippen molar-refractivity contribution in [3.8, 4) is 5.88 Å². The molecule has 6 rings (SSSR count). The summed E-state index contributed by atoms with van der Waals surface area (Å²) in [4.78, 5) is 23.6. The van der Waals surface area contributed by atoms with Crippen LogP contribution in [0.3, 0.4) is 0 Å². The Morgan fingerprint density at radius 2 is 1.92 bits per heavy atom. The van der Waals surface area contributed by atoms with Crippen molar-refractivity contribution < 1.29 is 9.47 Å². The molecule has 194 valence electrons. The summed E-state index contributed by atoms with van der Waals surface area (Å²) in [6, 6.07) is 8.30. The lowest BCUT2D eigenvalue weighted by atomic mass is 10.1. The van der Waals surface area contributed by atoms with Crippen LogP contribution in [-0.4, -0.2) is 75.3 Å². The van der Waals surface area contributed by atoms with E-state index >= 15 is 0 Å². The number of hydrogen-bond acceptors (Lipinski definition) is 9. The SMILES string of the molecule is CC(C)Oc1nc(Nc2ccc3nccc(N4CCN(C)CC4)c3c2)nc2c1ncn2C1CCCCO1. The average Bonchev–Trinajstić information content (AvgIpc) is 3.33. The molecule has 0 amide bonds. The molecule has 0 radical (unpaired) electrons. The number of imidazole rings is 1. The summed E-state index contributed by atoms with van der Waals surface area (Å²) >= 11 is 0. The molecule has 1 aromatic carbocycles. The van der Waals surface area contributed by atoms with Gasteiger partial charge in [0.25, 0.3) is 0 Å². The minimum Gasteiger partial charge on any atom is -0.473 e. The predicted molar refractivity (Wildman–Crippen MR) is 145 cm³/mol. The third-order valence-corrected chi connectivity index (χ3v) is 7.02. The molecule has 0 saturated carbocycles. The Hall–Kier alpha value is -3.50. The molecule has 10 nitrogen and oxygen atoms in total. The highest BCUT2D eigenvalue weighted by Crippen LogP contribution is 2.32. The van der Waals surface area contributed by atoms with Gasteiger partial charge in [-0.2, -0.15) is 9.97 Å². The van der Waals surface area contributed by atoms with Gasteiger partial charge in [-0.15, -0.1) is 0 Å². The average molecular weight is 503 g/mol. The fraction of sp³-hybridized carbons (Fsp3) is 0.481. The number of piperazine rings is 1. The van der Waals surface area contributed by atoms with Crippen molar-refractivity contribution in [2.75, 3.05) is 50.1 Å². The number of likely N-dealkylation sites (N-methyl/N-ethyl adjacent to an activating group) is 1. The molecule has 0 spiro atoms. The van der Waals surface area contributed by atoms with Gasteiger partial charge in [-0.1, -0.05) is 0 Å². The molecule has 4 aromatic rings. The van der Waals surface area contributed by atoms with Crippen LogP contribution in [0.5, 0.6) is 5.88 Å². The van der Waals surface area contributed by atoms with E-state index in [-0.39, 0.29) is 12.3 Å². The quantitative estimate of drug-likeness (QED) is 0.413. The van der Waals surface area contributed by atoms with Gasteiger partial charge in [0.2, 0.25) is 11.8 Å². The minimum atomic E-state index is -0.0775. The van der Waals surface area contributed by atoms with Crippen molar-refractivity contribution in [3.63, 3.8) is 0 Å². The van der Waals surface area contributed by atoms with E-state index in [1.807, 2.05) is 36.7 Å². The van der Waals surface area contributed by atoms with Gasteiger partial charge in [0, 0.05) is 55.7 Å². The largest absolute Gasteiger partial charge is 0.473 e. The Morgan fingerprint density at radius 3 is 2.70 bits per heavy atom. The standard InChI is InChI=1S/C27H34N8O2/c1-18(2)37-26-24-25(35(17-29-24)23-6-4-5-15-36-23)31-27(32-26)30-19-7-8-21-20(16-19)22(9-10-28-21)34-13-11-33(3)12-14-34/h7-10,16-18,23H,4-6,11-15H2,1-3H3,(H,30,31,32). The zero-order chi connectivity index (χ0) is 25.4. The first-order valence-corrected chi connectivity index (χ1v) is 13.2. The zero-order valence-electron chi connectivity index (χ0n) is 21.7. The number of nitrogens with zero attached hydrogens (tertiary/aromatic N) is 7. The minimum absolute atomic E-state index is 0.0417. The second-order valence-corrected chi connectivity index (χ2v) is 10.1. The van der Waals surface area contributed by atoms with Crippen LogP contribution in [0.15, 0.2) is 36.8 Å². The highest BCUT2D eigenvalue weighted by atomic mass is 16.5. The monoisotopic (exact) mass is 502 g/mol. The van der Waals surface area contributed by atoms with Crippen molar-refractivity contribution in [2.45, 2.75) is 45.4 Å². The smallest absolute Gasteiger partial charge is 0.247 e. The lowest BCUT2D eigenvalue weighted by Crippen LogP contribution is -2.44. The topological polar surface area (TPSA) is 93.5 Å². The van der Waals surface area contributed by atoms with Crippen molar-refractivity contribution >= 4 is 39.4 Å². The normalized spacial score (nSPS) is 19.1. The lowest BCUT2D eigenvalue weighted by Gasteiger charge is -2.34. The van der Waals surface area contributed by atoms with Crippen molar-refractivity contribution in [3.05, 3.63) is 36.8 Å². The number of pyridine rings is 1. The maximum absolute atomic E-state index is 6.06. The molecular formula is C27H34N8O2. The van der Waals surface area contributed by atoms with E-state index in [1.54, 1.807) is 6.33 Å². The highest BCUT2D eigenvalue weighted by molar-refractivity contribution is 5.94. The van der Waals surface area contributed by atoms with E-state index in [0.717, 1.165) is 68.6 Å². The summed E-state index contributed by atoms with van der Waals surface area (Å²) in [5.74, 6) is 0.933. The second-order valence-electron chi connectivity index (χ2n) is 10.1. The van der Waals surface area contributed by atoms with Crippen LogP contribution in [0.25, 0.3) is 22.1 Å². The van der Waals surface area contributed by atoms with Gasteiger partial charge in [0.1, 0.15) is 6.23 Å². The van der Waals surface area contributed by atoms with Crippen LogP contribution in [0.4, 0.5) is 17.3 Å². The summed E-state index contributed by atoms with van der Waals surface area (Å²) in [6.45, 7) is 8.80. The van der Waals surface area contributed by atoms with Gasteiger partial charge in [0.05, 0.1) is 17.9 Å². The second kappa shape index (κ2) is 10.1. The zero-order valence-corrected chi connectivity index (χ0v) is 21.7. The number of anilines is 3. The Balaban J connectivity index is 1.36. The molecule has 3 aromatic heterocycles. The first-order chi connectivity index (χ1) is 18.0. The van der Waals surface area contributed by atoms with E-state index in [2.05, 4.69) is 44.3 Å². The molecule has 2 fully saturated rings. The summed E-state index contributed by atoms with van der Waals surface area (Å²) in [5, 5.41) is 4.53. The van der Waals surface area contributed by atoms with Crippen LogP contribution in [-0.2, 0) is 4.74 Å². The molecule has 1 atom stereocenters. The Kier molecular flexibility index (Phi) is 6.52. The molecule has 10 heteroatoms. The van der Waals surface area contributed by atoms with Gasteiger partial charge in [-0.05, 0) is 64.4 Å². The van der Waals surface area contributed by atoms with Crippen LogP contribution < -0.4 is 15.0 Å². The molecule has 0 aliphatic carbocycles. The number of nitrogens with one attached hydrogen (secondary N) is 1. The summed E-state index contributed by atoms with van der Waals surface area (Å²) in [7, 11) is 2.17. The molecule has 1 unspecified atom stereocenters. The fourth-order valence-electron chi connectivity index (χ4n) is 5.07. The van der Waals surface area contributed by atoms with Gasteiger partial charge in [-0.25, -0.2) is 4.98 Å². The number of fused-ring (bicyclic) bond motifs is 2. The predicted octanol–water partition coefficient (Wildman–Crippen LogP) is 4.36. The molecule has 2 aliphatic rings. The summed E-state index contributed by atoms with van der Waals surface area (Å²) < 4.78 is 14.1. The Morgan fingerprint density at radius 1 is 1.05 bits per heavy atom. The number of ether oxygens (including phenoxy) is 2. The van der Waals surface area contributed by atoms with Crippen molar-refractivity contribution in [1.29, 1.82) is 0 Å². The Bertz CT molecular complexity index is 1390. The number of aromatic nitrogens is 5. The summed E-state index contributed by atoms with van der Waals surface area (Å²) in [6.07, 6.45) is 6.70. The van der Waals surface area contributed by atoms with E-state index in [9.17, 15) is 0 Å².